The first kappa shape index (κ1) is 31.7. The Kier molecular flexibility index (Phi) is 12.0. The number of benzene rings is 2. The topological polar surface area (TPSA) is 138 Å². The molecule has 0 aromatic heterocycles. The zero-order valence-electron chi connectivity index (χ0n) is 22.9. The van der Waals surface area contributed by atoms with Gasteiger partial charge in [-0.05, 0) is 70.5 Å². The van der Waals surface area contributed by atoms with E-state index >= 15 is 0 Å². The molecule has 3 rings (SSSR count). The third kappa shape index (κ3) is 7.87. The monoisotopic (exact) mass is 668 g/mol. The van der Waals surface area contributed by atoms with E-state index < -0.39 is 24.2 Å². The summed E-state index contributed by atoms with van der Waals surface area (Å²) in [5.74, 6) is 0.847. The number of aliphatic hydroxyl groups excluding tert-OH is 3. The van der Waals surface area contributed by atoms with Crippen LogP contribution in [-0.2, 0) is 22.6 Å². The van der Waals surface area contributed by atoms with Crippen molar-refractivity contribution >= 4 is 34.4 Å². The number of ether oxygens (including phenoxy) is 3. The molecule has 2 aromatic rings. The van der Waals surface area contributed by atoms with Gasteiger partial charge in [-0.3, -0.25) is 9.59 Å². The number of nitrogens with zero attached hydrogens (tertiary/aromatic N) is 1. The number of amides is 2. The highest BCUT2D eigenvalue weighted by Gasteiger charge is 2.40. The van der Waals surface area contributed by atoms with E-state index in [1.807, 2.05) is 24.3 Å². The van der Waals surface area contributed by atoms with Crippen LogP contribution in [0, 0.1) is 3.57 Å². The molecule has 3 unspecified atom stereocenters. The number of carbonyl (C=O) groups excluding carboxylic acids is 2. The van der Waals surface area contributed by atoms with Crippen molar-refractivity contribution in [3.8, 4) is 17.2 Å². The van der Waals surface area contributed by atoms with Gasteiger partial charge >= 0.3 is 0 Å². The number of nitrogens with one attached hydrogen (secondary N) is 1. The lowest BCUT2D eigenvalue weighted by Gasteiger charge is -2.40. The van der Waals surface area contributed by atoms with Gasteiger partial charge in [0.2, 0.25) is 11.8 Å². The minimum absolute atomic E-state index is 0.0662. The minimum Gasteiger partial charge on any atom is -0.497 e. The molecule has 218 valence electrons. The van der Waals surface area contributed by atoms with Crippen molar-refractivity contribution in [1.82, 2.24) is 10.2 Å². The molecule has 10 nitrogen and oxygen atoms in total. The molecule has 2 amide bonds. The predicted molar refractivity (Wildman–Crippen MR) is 157 cm³/mol. The summed E-state index contributed by atoms with van der Waals surface area (Å²) in [5.41, 5.74) is 1.93. The highest BCUT2D eigenvalue weighted by molar-refractivity contribution is 14.1. The number of carbonyl (C=O) groups is 2. The van der Waals surface area contributed by atoms with E-state index in [1.165, 1.54) is 7.11 Å². The van der Waals surface area contributed by atoms with Crippen LogP contribution in [0.5, 0.6) is 17.2 Å². The first-order valence-corrected chi connectivity index (χ1v) is 14.2. The van der Waals surface area contributed by atoms with E-state index in [2.05, 4.69) is 27.9 Å². The van der Waals surface area contributed by atoms with Crippen LogP contribution in [0.3, 0.4) is 0 Å². The molecule has 1 aliphatic rings. The van der Waals surface area contributed by atoms with Crippen LogP contribution in [0.2, 0.25) is 0 Å². The van der Waals surface area contributed by atoms with Gasteiger partial charge in [-0.2, -0.15) is 0 Å². The maximum atomic E-state index is 13.2. The van der Waals surface area contributed by atoms with E-state index in [9.17, 15) is 24.9 Å². The Bertz CT molecular complexity index is 1200. The molecule has 0 aliphatic heterocycles. The van der Waals surface area contributed by atoms with Gasteiger partial charge in [-0.1, -0.05) is 19.1 Å². The molecule has 4 N–H and O–H groups in total. The highest BCUT2D eigenvalue weighted by Crippen LogP contribution is 2.37. The molecule has 11 heteroatoms. The van der Waals surface area contributed by atoms with Crippen molar-refractivity contribution in [1.29, 1.82) is 0 Å². The highest BCUT2D eigenvalue weighted by atomic mass is 127. The van der Waals surface area contributed by atoms with Crippen LogP contribution in [-0.4, -0.2) is 84.2 Å². The largest absolute Gasteiger partial charge is 0.497 e. The number of methoxy groups -OCH3 is 2. The lowest BCUT2D eigenvalue weighted by molar-refractivity contribution is -0.138. The van der Waals surface area contributed by atoms with E-state index in [0.717, 1.165) is 5.56 Å². The fourth-order valence-corrected chi connectivity index (χ4v) is 5.44. The molecule has 0 fully saturated rings. The van der Waals surface area contributed by atoms with E-state index in [-0.39, 0.29) is 38.5 Å². The molecular formula is C29H37IN2O8. The van der Waals surface area contributed by atoms with Crippen LogP contribution in [0.25, 0.3) is 0 Å². The summed E-state index contributed by atoms with van der Waals surface area (Å²) in [5, 5.41) is 33.0. The molecule has 0 radical (unpaired) electrons. The van der Waals surface area contributed by atoms with Crippen LogP contribution in [0.4, 0.5) is 0 Å². The maximum absolute atomic E-state index is 13.2. The van der Waals surface area contributed by atoms with E-state index in [1.54, 1.807) is 37.1 Å². The fourth-order valence-electron chi connectivity index (χ4n) is 4.65. The zero-order chi connectivity index (χ0) is 29.2. The van der Waals surface area contributed by atoms with E-state index in [4.69, 9.17) is 14.2 Å². The second kappa shape index (κ2) is 15.2. The van der Waals surface area contributed by atoms with Gasteiger partial charge in [0.15, 0.2) is 11.5 Å². The zero-order valence-corrected chi connectivity index (χ0v) is 25.1. The standard InChI is InChI=1S/C29H37IN2O8/c1-4-26(35)32(10-8-18-6-5-7-21(12-18)38-2)23-15-20(29(37)31-9-11-33)16-24(27(23)36)40-28-22(30)13-19(17-34)14-25(28)39-3/h5-7,12-14,16,23-24,27,33-34,36H,4,8-11,15,17H2,1-3H3,(H,31,37). The van der Waals surface area contributed by atoms with Crippen molar-refractivity contribution in [2.75, 3.05) is 33.9 Å². The fraction of sp³-hybridized carbons (Fsp3) is 0.448. The molecule has 0 saturated heterocycles. The molecule has 0 saturated carbocycles. The summed E-state index contributed by atoms with van der Waals surface area (Å²) >= 11 is 2.06. The number of halogens is 1. The lowest BCUT2D eigenvalue weighted by Crippen LogP contribution is -2.55. The summed E-state index contributed by atoms with van der Waals surface area (Å²) in [6, 6.07) is 10.2. The van der Waals surface area contributed by atoms with Crippen LogP contribution in [0.15, 0.2) is 48.0 Å². The van der Waals surface area contributed by atoms with Crippen molar-refractivity contribution < 1.29 is 39.1 Å². The average Bonchev–Trinajstić information content (AvgIpc) is 2.97. The van der Waals surface area contributed by atoms with Crippen molar-refractivity contribution in [2.45, 2.75) is 51.0 Å². The Labute approximate surface area is 248 Å². The maximum Gasteiger partial charge on any atom is 0.247 e. The molecule has 3 atom stereocenters. The summed E-state index contributed by atoms with van der Waals surface area (Å²) in [7, 11) is 3.07. The second-order valence-corrected chi connectivity index (χ2v) is 10.5. The van der Waals surface area contributed by atoms with Crippen molar-refractivity contribution in [3.05, 3.63) is 62.7 Å². The molecule has 0 heterocycles. The van der Waals surface area contributed by atoms with E-state index in [0.29, 0.717) is 44.9 Å². The molecule has 0 bridgehead atoms. The Morgan fingerprint density at radius 1 is 1.12 bits per heavy atom. The number of hydrogen-bond donors (Lipinski definition) is 4. The Hall–Kier alpha value is -2.87. The third-order valence-electron chi connectivity index (χ3n) is 6.74. The first-order valence-electron chi connectivity index (χ1n) is 13.1. The molecule has 0 spiro atoms. The molecular weight excluding hydrogens is 631 g/mol. The van der Waals surface area contributed by atoms with Gasteiger partial charge in [0.1, 0.15) is 18.0 Å². The third-order valence-corrected chi connectivity index (χ3v) is 7.54. The number of rotatable bonds is 13. The smallest absolute Gasteiger partial charge is 0.247 e. The van der Waals surface area contributed by atoms with Gasteiger partial charge in [0, 0.05) is 31.5 Å². The van der Waals surface area contributed by atoms with Gasteiger partial charge in [-0.25, -0.2) is 0 Å². The Morgan fingerprint density at radius 3 is 2.55 bits per heavy atom. The number of aliphatic hydroxyl groups is 3. The SMILES string of the molecule is CCC(=O)N(CCc1cccc(OC)c1)C1CC(C(=O)NCCO)=CC(Oc2c(I)cc(CO)cc2OC)C1O. The van der Waals surface area contributed by atoms with Crippen molar-refractivity contribution in [2.24, 2.45) is 0 Å². The lowest BCUT2D eigenvalue weighted by atomic mass is 9.87. The van der Waals surface area contributed by atoms with Crippen LogP contribution >= 0.6 is 22.6 Å². The minimum atomic E-state index is -1.16. The van der Waals surface area contributed by atoms with Crippen LogP contribution in [0.1, 0.15) is 30.9 Å². The second-order valence-electron chi connectivity index (χ2n) is 9.33. The van der Waals surface area contributed by atoms with Crippen molar-refractivity contribution in [3.63, 3.8) is 0 Å². The Morgan fingerprint density at radius 2 is 1.90 bits per heavy atom. The summed E-state index contributed by atoms with van der Waals surface area (Å²) in [4.78, 5) is 27.8. The quantitative estimate of drug-likeness (QED) is 0.239. The van der Waals surface area contributed by atoms with Gasteiger partial charge in [0.05, 0.1) is 37.0 Å². The predicted octanol–water partition coefficient (Wildman–Crippen LogP) is 2.20. The number of hydrogen-bond acceptors (Lipinski definition) is 8. The summed E-state index contributed by atoms with van der Waals surface area (Å²) in [6.45, 7) is 1.73. The Balaban J connectivity index is 1.96. The van der Waals surface area contributed by atoms with Gasteiger partial charge in [0.25, 0.3) is 0 Å². The molecule has 1 aliphatic carbocycles. The first-order chi connectivity index (χ1) is 19.3. The summed E-state index contributed by atoms with van der Waals surface area (Å²) in [6.07, 6.45) is 0.256. The van der Waals surface area contributed by atoms with Crippen LogP contribution < -0.4 is 19.5 Å². The molecule has 2 aromatic carbocycles. The normalized spacial score (nSPS) is 18.5. The van der Waals surface area contributed by atoms with Gasteiger partial charge in [-0.15, -0.1) is 0 Å². The molecule has 40 heavy (non-hydrogen) atoms. The average molecular weight is 669 g/mol. The van der Waals surface area contributed by atoms with Gasteiger partial charge < -0.3 is 39.7 Å². The summed E-state index contributed by atoms with van der Waals surface area (Å²) < 4.78 is 17.7.